The second-order valence-electron chi connectivity index (χ2n) is 12.6. The minimum Gasteiger partial charge on any atom is -0.414 e. The molecule has 1 N–H and O–H groups in total. The summed E-state index contributed by atoms with van der Waals surface area (Å²) >= 11 is 0. The summed E-state index contributed by atoms with van der Waals surface area (Å²) in [5.74, 6) is 2.31. The van der Waals surface area contributed by atoms with E-state index in [1.165, 1.54) is 44.9 Å². The Balaban J connectivity index is 2.10. The van der Waals surface area contributed by atoms with Gasteiger partial charge >= 0.3 is 0 Å². The van der Waals surface area contributed by atoms with Gasteiger partial charge in [-0.2, -0.15) is 0 Å². The van der Waals surface area contributed by atoms with E-state index in [9.17, 15) is 5.11 Å². The number of aliphatic hydroxyl groups is 1. The van der Waals surface area contributed by atoms with Crippen LogP contribution in [0.4, 0.5) is 0 Å². The maximum absolute atomic E-state index is 10.1. The van der Waals surface area contributed by atoms with Crippen molar-refractivity contribution in [1.29, 1.82) is 0 Å². The molecule has 28 heavy (non-hydrogen) atoms. The summed E-state index contributed by atoms with van der Waals surface area (Å²) in [6, 6.07) is 0. The van der Waals surface area contributed by atoms with E-state index in [0.717, 1.165) is 30.6 Å². The van der Waals surface area contributed by atoms with Crippen LogP contribution in [0.3, 0.4) is 0 Å². The van der Waals surface area contributed by atoms with Gasteiger partial charge in [0.05, 0.1) is 5.60 Å². The van der Waals surface area contributed by atoms with Crippen LogP contribution in [-0.4, -0.2) is 25.1 Å². The standard InChI is InChI=1S/C25H50O2Si/c1-19(13-11-17-24(5,6)26)20-14-10-15-21-22(16-12-18-25(20,21)7)27-28(8,9)23(2,3)4/h19-22,26H,10-18H2,1-9H3/t19?,20-,21+,22+,25-/m1/s1. The van der Waals surface area contributed by atoms with Gasteiger partial charge in [0.25, 0.3) is 0 Å². The predicted molar refractivity (Wildman–Crippen MR) is 124 cm³/mol. The quantitative estimate of drug-likeness (QED) is 0.439. The molecule has 1 unspecified atom stereocenters. The number of fused-ring (bicyclic) bond motifs is 1. The van der Waals surface area contributed by atoms with E-state index in [2.05, 4.69) is 47.7 Å². The molecule has 2 aliphatic rings. The fourth-order valence-corrected chi connectivity index (χ4v) is 7.44. The number of rotatable bonds is 7. The zero-order chi connectivity index (χ0) is 21.4. The molecule has 0 heterocycles. The molecule has 0 aromatic rings. The summed E-state index contributed by atoms with van der Waals surface area (Å²) in [5.41, 5.74) is -0.0800. The van der Waals surface area contributed by atoms with Gasteiger partial charge in [-0.3, -0.25) is 0 Å². The maximum Gasteiger partial charge on any atom is 0.192 e. The first kappa shape index (κ1) is 24.4. The molecule has 0 aromatic heterocycles. The Hall–Kier alpha value is 0.137. The Morgan fingerprint density at radius 1 is 1.07 bits per heavy atom. The Morgan fingerprint density at radius 2 is 1.71 bits per heavy atom. The molecule has 0 aliphatic heterocycles. The molecule has 0 bridgehead atoms. The van der Waals surface area contributed by atoms with Crippen LogP contribution in [-0.2, 0) is 4.43 Å². The third-order valence-electron chi connectivity index (χ3n) is 8.76. The molecule has 166 valence electrons. The largest absolute Gasteiger partial charge is 0.414 e. The van der Waals surface area contributed by atoms with E-state index >= 15 is 0 Å². The van der Waals surface area contributed by atoms with Crippen molar-refractivity contribution in [3.05, 3.63) is 0 Å². The van der Waals surface area contributed by atoms with Gasteiger partial charge in [-0.05, 0) is 87.3 Å². The SMILES string of the molecule is CC(CCCC(C)(C)O)[C@H]1CCC[C@H]2[C@@H](O[Si](C)(C)C(C)(C)C)CCC[C@]12C. The third-order valence-corrected chi connectivity index (χ3v) is 13.3. The van der Waals surface area contributed by atoms with Crippen molar-refractivity contribution in [2.45, 2.75) is 136 Å². The highest BCUT2D eigenvalue weighted by atomic mass is 28.4. The monoisotopic (exact) mass is 410 g/mol. The van der Waals surface area contributed by atoms with Crippen molar-refractivity contribution in [2.75, 3.05) is 0 Å². The first-order valence-electron chi connectivity index (χ1n) is 12.1. The van der Waals surface area contributed by atoms with Crippen molar-refractivity contribution >= 4 is 8.32 Å². The summed E-state index contributed by atoms with van der Waals surface area (Å²) in [4.78, 5) is 0. The second-order valence-corrected chi connectivity index (χ2v) is 17.4. The Kier molecular flexibility index (Phi) is 7.59. The lowest BCUT2D eigenvalue weighted by Gasteiger charge is -2.57. The zero-order valence-electron chi connectivity index (χ0n) is 20.5. The van der Waals surface area contributed by atoms with Crippen molar-refractivity contribution in [3.63, 3.8) is 0 Å². The summed E-state index contributed by atoms with van der Waals surface area (Å²) < 4.78 is 7.04. The Labute approximate surface area is 177 Å². The summed E-state index contributed by atoms with van der Waals surface area (Å²) in [7, 11) is -1.72. The molecule has 5 atom stereocenters. The Morgan fingerprint density at radius 3 is 2.29 bits per heavy atom. The lowest BCUT2D eigenvalue weighted by molar-refractivity contribution is -0.0880. The summed E-state index contributed by atoms with van der Waals surface area (Å²) in [5, 5.41) is 10.4. The van der Waals surface area contributed by atoms with Crippen LogP contribution in [0.25, 0.3) is 0 Å². The third kappa shape index (κ3) is 5.63. The first-order chi connectivity index (χ1) is 12.7. The van der Waals surface area contributed by atoms with Gasteiger partial charge in [-0.25, -0.2) is 0 Å². The molecular formula is C25H50O2Si. The molecule has 2 nitrogen and oxygen atoms in total. The van der Waals surface area contributed by atoms with E-state index in [0.29, 0.717) is 16.6 Å². The van der Waals surface area contributed by atoms with Crippen LogP contribution in [0.15, 0.2) is 0 Å². The van der Waals surface area contributed by atoms with Crippen molar-refractivity contribution in [1.82, 2.24) is 0 Å². The minimum atomic E-state index is -1.72. The second kappa shape index (κ2) is 8.71. The smallest absolute Gasteiger partial charge is 0.192 e. The van der Waals surface area contributed by atoms with Crippen molar-refractivity contribution < 1.29 is 9.53 Å². The lowest BCUT2D eigenvalue weighted by Crippen LogP contribution is -2.54. The lowest BCUT2D eigenvalue weighted by atomic mass is 9.52. The number of hydrogen-bond acceptors (Lipinski definition) is 2. The molecule has 3 heteroatoms. The molecule has 0 spiro atoms. The topological polar surface area (TPSA) is 29.5 Å². The van der Waals surface area contributed by atoms with E-state index in [1.807, 2.05) is 13.8 Å². The van der Waals surface area contributed by atoms with Crippen molar-refractivity contribution in [2.24, 2.45) is 23.2 Å². The van der Waals surface area contributed by atoms with E-state index < -0.39 is 13.9 Å². The fraction of sp³-hybridized carbons (Fsp3) is 1.00. The van der Waals surface area contributed by atoms with E-state index in [-0.39, 0.29) is 0 Å². The molecule has 0 radical (unpaired) electrons. The molecule has 2 fully saturated rings. The first-order valence-corrected chi connectivity index (χ1v) is 15.0. The van der Waals surface area contributed by atoms with E-state index in [1.54, 1.807) is 0 Å². The van der Waals surface area contributed by atoms with Crippen LogP contribution in [0.2, 0.25) is 18.1 Å². The van der Waals surface area contributed by atoms with Crippen LogP contribution < -0.4 is 0 Å². The van der Waals surface area contributed by atoms with Crippen LogP contribution in [0.5, 0.6) is 0 Å². The predicted octanol–water partition coefficient (Wildman–Crippen LogP) is 7.56. The van der Waals surface area contributed by atoms with E-state index in [4.69, 9.17) is 4.43 Å². The zero-order valence-corrected chi connectivity index (χ0v) is 21.5. The summed E-state index contributed by atoms with van der Waals surface area (Å²) in [6.45, 7) is 21.0. The average Bonchev–Trinajstić information content (AvgIpc) is 2.51. The van der Waals surface area contributed by atoms with Crippen LogP contribution in [0.1, 0.15) is 106 Å². The molecule has 0 amide bonds. The maximum atomic E-state index is 10.1. The molecule has 2 saturated carbocycles. The summed E-state index contributed by atoms with van der Waals surface area (Å²) in [6.07, 6.45) is 11.9. The van der Waals surface area contributed by atoms with Gasteiger partial charge in [-0.1, -0.05) is 60.3 Å². The van der Waals surface area contributed by atoms with Crippen LogP contribution >= 0.6 is 0 Å². The van der Waals surface area contributed by atoms with Gasteiger partial charge in [0.2, 0.25) is 0 Å². The average molecular weight is 411 g/mol. The Bertz CT molecular complexity index is 502. The molecule has 0 saturated heterocycles. The van der Waals surface area contributed by atoms with Crippen molar-refractivity contribution in [3.8, 4) is 0 Å². The highest BCUT2D eigenvalue weighted by molar-refractivity contribution is 6.74. The van der Waals surface area contributed by atoms with Crippen LogP contribution in [0, 0.1) is 23.2 Å². The van der Waals surface area contributed by atoms with Gasteiger partial charge in [0.1, 0.15) is 0 Å². The minimum absolute atomic E-state index is 0.291. The van der Waals surface area contributed by atoms with Gasteiger partial charge in [-0.15, -0.1) is 0 Å². The molecule has 2 aliphatic carbocycles. The molecule has 0 aromatic carbocycles. The highest BCUT2D eigenvalue weighted by Gasteiger charge is 2.52. The number of hydrogen-bond donors (Lipinski definition) is 1. The highest BCUT2D eigenvalue weighted by Crippen LogP contribution is 2.57. The normalized spacial score (nSPS) is 33.4. The molecular weight excluding hydrogens is 360 g/mol. The fourth-order valence-electron chi connectivity index (χ4n) is 6.05. The molecule has 2 rings (SSSR count). The van der Waals surface area contributed by atoms with Gasteiger partial charge < -0.3 is 9.53 Å². The van der Waals surface area contributed by atoms with Gasteiger partial charge in [0, 0.05) is 6.10 Å². The van der Waals surface area contributed by atoms with Gasteiger partial charge in [0.15, 0.2) is 8.32 Å².